The summed E-state index contributed by atoms with van der Waals surface area (Å²) < 4.78 is 5.12. The SMILES string of the molecule is COCCc1ccccc1CC(Br)C(=O)C1CC1. The lowest BCUT2D eigenvalue weighted by Gasteiger charge is -2.12. The van der Waals surface area contributed by atoms with E-state index in [0.29, 0.717) is 11.7 Å². The second-order valence-electron chi connectivity index (χ2n) is 4.86. The van der Waals surface area contributed by atoms with Crippen molar-refractivity contribution in [2.75, 3.05) is 13.7 Å². The highest BCUT2D eigenvalue weighted by molar-refractivity contribution is 9.10. The van der Waals surface area contributed by atoms with Gasteiger partial charge in [0.15, 0.2) is 0 Å². The first-order chi connectivity index (χ1) is 8.72. The molecule has 0 aromatic heterocycles. The average molecular weight is 311 g/mol. The summed E-state index contributed by atoms with van der Waals surface area (Å²) >= 11 is 3.54. The Hall–Kier alpha value is -0.670. The Morgan fingerprint density at radius 2 is 2.06 bits per heavy atom. The number of halogens is 1. The Bertz CT molecular complexity index is 413. The summed E-state index contributed by atoms with van der Waals surface area (Å²) in [5, 5.41) is 0. The molecule has 1 aliphatic carbocycles. The van der Waals surface area contributed by atoms with Gasteiger partial charge in [0.25, 0.3) is 0 Å². The molecule has 0 radical (unpaired) electrons. The summed E-state index contributed by atoms with van der Waals surface area (Å²) in [6, 6.07) is 8.31. The summed E-state index contributed by atoms with van der Waals surface area (Å²) in [6.45, 7) is 0.723. The van der Waals surface area contributed by atoms with E-state index in [2.05, 4.69) is 28.1 Å². The fraction of sp³-hybridized carbons (Fsp3) is 0.533. The number of carbonyl (C=O) groups excluding carboxylic acids is 1. The lowest BCUT2D eigenvalue weighted by molar-refractivity contribution is -0.119. The third-order valence-electron chi connectivity index (χ3n) is 3.38. The maximum Gasteiger partial charge on any atom is 0.149 e. The van der Waals surface area contributed by atoms with E-state index in [0.717, 1.165) is 32.3 Å². The van der Waals surface area contributed by atoms with E-state index in [1.807, 2.05) is 12.1 Å². The quantitative estimate of drug-likeness (QED) is 0.723. The number of hydrogen-bond donors (Lipinski definition) is 0. The molecule has 1 aliphatic rings. The molecule has 0 heterocycles. The van der Waals surface area contributed by atoms with Gasteiger partial charge in [-0.15, -0.1) is 0 Å². The van der Waals surface area contributed by atoms with Gasteiger partial charge < -0.3 is 4.74 Å². The van der Waals surface area contributed by atoms with Crippen LogP contribution >= 0.6 is 15.9 Å². The Morgan fingerprint density at radius 3 is 2.67 bits per heavy atom. The molecule has 0 bridgehead atoms. The minimum absolute atomic E-state index is 0.0336. The van der Waals surface area contributed by atoms with Gasteiger partial charge in [-0.25, -0.2) is 0 Å². The molecule has 2 nitrogen and oxygen atoms in total. The van der Waals surface area contributed by atoms with Gasteiger partial charge in [0.05, 0.1) is 11.4 Å². The fourth-order valence-corrected chi connectivity index (χ4v) is 2.85. The van der Waals surface area contributed by atoms with E-state index >= 15 is 0 Å². The second kappa shape index (κ2) is 6.48. The van der Waals surface area contributed by atoms with E-state index in [4.69, 9.17) is 4.74 Å². The zero-order valence-corrected chi connectivity index (χ0v) is 12.3. The molecule has 0 N–H and O–H groups in total. The van der Waals surface area contributed by atoms with Gasteiger partial charge in [0.2, 0.25) is 0 Å². The molecule has 0 amide bonds. The van der Waals surface area contributed by atoms with Crippen LogP contribution in [0.4, 0.5) is 0 Å². The largest absolute Gasteiger partial charge is 0.384 e. The summed E-state index contributed by atoms with van der Waals surface area (Å²) in [5.41, 5.74) is 2.54. The number of carbonyl (C=O) groups is 1. The van der Waals surface area contributed by atoms with Gasteiger partial charge >= 0.3 is 0 Å². The van der Waals surface area contributed by atoms with Crippen LogP contribution in [-0.4, -0.2) is 24.3 Å². The molecule has 0 spiro atoms. The highest BCUT2D eigenvalue weighted by atomic mass is 79.9. The maximum atomic E-state index is 12.0. The van der Waals surface area contributed by atoms with Crippen LogP contribution < -0.4 is 0 Å². The van der Waals surface area contributed by atoms with Gasteiger partial charge in [-0.2, -0.15) is 0 Å². The molecule has 1 unspecified atom stereocenters. The molecule has 3 heteroatoms. The van der Waals surface area contributed by atoms with E-state index in [1.54, 1.807) is 7.11 Å². The highest BCUT2D eigenvalue weighted by Crippen LogP contribution is 2.33. The zero-order chi connectivity index (χ0) is 13.0. The number of benzene rings is 1. The van der Waals surface area contributed by atoms with Crippen molar-refractivity contribution >= 4 is 21.7 Å². The fourth-order valence-electron chi connectivity index (χ4n) is 2.13. The minimum atomic E-state index is -0.0336. The number of ketones is 1. The summed E-state index contributed by atoms with van der Waals surface area (Å²) in [6.07, 6.45) is 3.84. The molecule has 1 aromatic rings. The van der Waals surface area contributed by atoms with Crippen LogP contribution in [0.5, 0.6) is 0 Å². The number of Topliss-reactive ketones (excluding diaryl/α,β-unsaturated/α-hetero) is 1. The summed E-state index contributed by atoms with van der Waals surface area (Å²) in [7, 11) is 1.71. The van der Waals surface area contributed by atoms with Crippen LogP contribution in [0.1, 0.15) is 24.0 Å². The Labute approximate surface area is 117 Å². The van der Waals surface area contributed by atoms with Crippen molar-refractivity contribution in [3.05, 3.63) is 35.4 Å². The minimum Gasteiger partial charge on any atom is -0.384 e. The van der Waals surface area contributed by atoms with Gasteiger partial charge in [0.1, 0.15) is 5.78 Å². The second-order valence-corrected chi connectivity index (χ2v) is 5.97. The zero-order valence-electron chi connectivity index (χ0n) is 10.7. The van der Waals surface area contributed by atoms with Gasteiger partial charge in [-0.3, -0.25) is 4.79 Å². The number of rotatable bonds is 7. The van der Waals surface area contributed by atoms with Crippen LogP contribution in [0.15, 0.2) is 24.3 Å². The smallest absolute Gasteiger partial charge is 0.149 e. The van der Waals surface area contributed by atoms with Crippen molar-refractivity contribution in [3.63, 3.8) is 0 Å². The van der Waals surface area contributed by atoms with Crippen LogP contribution in [0, 0.1) is 5.92 Å². The molecule has 1 fully saturated rings. The standard InChI is InChI=1S/C15H19BrO2/c1-18-9-8-11-4-2-3-5-13(11)10-14(16)15(17)12-6-7-12/h2-5,12,14H,6-10H2,1H3. The number of methoxy groups -OCH3 is 1. The van der Waals surface area contributed by atoms with Crippen molar-refractivity contribution in [1.29, 1.82) is 0 Å². The first kappa shape index (κ1) is 13.8. The number of ether oxygens (including phenoxy) is 1. The van der Waals surface area contributed by atoms with Crippen molar-refractivity contribution in [2.45, 2.75) is 30.5 Å². The molecular formula is C15H19BrO2. The normalized spacial score (nSPS) is 16.6. The first-order valence-corrected chi connectivity index (χ1v) is 7.37. The molecule has 1 aromatic carbocycles. The average Bonchev–Trinajstić information content (AvgIpc) is 3.21. The molecule has 1 atom stereocenters. The van der Waals surface area contributed by atoms with E-state index < -0.39 is 0 Å². The van der Waals surface area contributed by atoms with E-state index in [9.17, 15) is 4.79 Å². The molecule has 2 rings (SSSR count). The first-order valence-electron chi connectivity index (χ1n) is 6.46. The Morgan fingerprint density at radius 1 is 1.39 bits per heavy atom. The molecule has 98 valence electrons. The molecule has 18 heavy (non-hydrogen) atoms. The number of hydrogen-bond acceptors (Lipinski definition) is 2. The predicted molar refractivity (Wildman–Crippen MR) is 76.2 cm³/mol. The van der Waals surface area contributed by atoms with E-state index in [-0.39, 0.29) is 4.83 Å². The summed E-state index contributed by atoms with van der Waals surface area (Å²) in [4.78, 5) is 11.9. The number of alkyl halides is 1. The van der Waals surface area contributed by atoms with Crippen molar-refractivity contribution in [2.24, 2.45) is 5.92 Å². The maximum absolute atomic E-state index is 12.0. The van der Waals surface area contributed by atoms with Crippen molar-refractivity contribution in [3.8, 4) is 0 Å². The molecule has 0 saturated heterocycles. The van der Waals surface area contributed by atoms with Crippen LogP contribution in [0.2, 0.25) is 0 Å². The lowest BCUT2D eigenvalue weighted by Crippen LogP contribution is -2.19. The summed E-state index contributed by atoms with van der Waals surface area (Å²) in [5.74, 6) is 0.692. The topological polar surface area (TPSA) is 26.3 Å². The van der Waals surface area contributed by atoms with Crippen LogP contribution in [0.25, 0.3) is 0 Å². The molecule has 0 aliphatic heterocycles. The van der Waals surface area contributed by atoms with Crippen LogP contribution in [0.3, 0.4) is 0 Å². The van der Waals surface area contributed by atoms with Gasteiger partial charge in [-0.1, -0.05) is 40.2 Å². The highest BCUT2D eigenvalue weighted by Gasteiger charge is 2.33. The monoisotopic (exact) mass is 310 g/mol. The molecule has 1 saturated carbocycles. The molecular weight excluding hydrogens is 292 g/mol. The van der Waals surface area contributed by atoms with Gasteiger partial charge in [0, 0.05) is 13.0 Å². The lowest BCUT2D eigenvalue weighted by atomic mass is 9.98. The van der Waals surface area contributed by atoms with Crippen LogP contribution in [-0.2, 0) is 22.4 Å². The predicted octanol–water partition coefficient (Wildman–Crippen LogP) is 3.16. The third-order valence-corrected chi connectivity index (χ3v) is 4.16. The third kappa shape index (κ3) is 3.66. The Kier molecular flexibility index (Phi) is 4.95. The van der Waals surface area contributed by atoms with Crippen molar-refractivity contribution < 1.29 is 9.53 Å². The van der Waals surface area contributed by atoms with Gasteiger partial charge in [-0.05, 0) is 36.8 Å². The Balaban J connectivity index is 2.00. The van der Waals surface area contributed by atoms with Crippen molar-refractivity contribution in [1.82, 2.24) is 0 Å². The van der Waals surface area contributed by atoms with E-state index in [1.165, 1.54) is 11.1 Å².